The number of amides is 2. The summed E-state index contributed by atoms with van der Waals surface area (Å²) >= 11 is 0. The van der Waals surface area contributed by atoms with Crippen LogP contribution in [0.15, 0.2) is 0 Å². The Labute approximate surface area is 99.5 Å². The summed E-state index contributed by atoms with van der Waals surface area (Å²) in [6.07, 6.45) is -0.143. The van der Waals surface area contributed by atoms with E-state index in [0.717, 1.165) is 0 Å². The highest BCUT2D eigenvalue weighted by molar-refractivity contribution is 5.87. The van der Waals surface area contributed by atoms with Gasteiger partial charge in [0, 0.05) is 6.42 Å². The summed E-state index contributed by atoms with van der Waals surface area (Å²) in [5.74, 6) is -2.47. The van der Waals surface area contributed by atoms with E-state index in [4.69, 9.17) is 16.6 Å². The normalized spacial score (nSPS) is 14.1. The van der Waals surface area contributed by atoms with E-state index < -0.39 is 29.9 Å². The van der Waals surface area contributed by atoms with E-state index in [9.17, 15) is 14.4 Å². The molecule has 0 unspecified atom stereocenters. The SMILES string of the molecule is CC(C)[C@@H](N)C(=O)N[C@H](CCC(N)=O)C(=O)O. The zero-order chi connectivity index (χ0) is 13.6. The number of carboxylic acids is 1. The quantitative estimate of drug-likeness (QED) is 0.447. The lowest BCUT2D eigenvalue weighted by Gasteiger charge is -2.19. The zero-order valence-corrected chi connectivity index (χ0v) is 9.97. The molecular formula is C10H19N3O4. The monoisotopic (exact) mass is 245 g/mol. The summed E-state index contributed by atoms with van der Waals surface area (Å²) in [6, 6.07) is -1.91. The van der Waals surface area contributed by atoms with Crippen LogP contribution in [-0.2, 0) is 14.4 Å². The second-order valence-electron chi connectivity index (χ2n) is 4.17. The molecule has 6 N–H and O–H groups in total. The standard InChI is InChI=1S/C10H19N3O4/c1-5(2)8(12)9(15)13-6(10(16)17)3-4-7(11)14/h5-6,8H,3-4,12H2,1-2H3,(H2,11,14)(H,13,15)(H,16,17)/t6-,8-/m1/s1. The fourth-order valence-corrected chi connectivity index (χ4v) is 1.11. The van der Waals surface area contributed by atoms with E-state index in [-0.39, 0.29) is 18.8 Å². The molecule has 0 bridgehead atoms. The molecule has 0 aromatic carbocycles. The van der Waals surface area contributed by atoms with Crippen LogP contribution in [-0.4, -0.2) is 35.0 Å². The number of carbonyl (C=O) groups excluding carboxylic acids is 2. The molecule has 7 nitrogen and oxygen atoms in total. The second-order valence-corrected chi connectivity index (χ2v) is 4.17. The molecule has 0 aromatic rings. The smallest absolute Gasteiger partial charge is 0.326 e. The van der Waals surface area contributed by atoms with E-state index in [1.54, 1.807) is 13.8 Å². The van der Waals surface area contributed by atoms with Crippen LogP contribution in [0.2, 0.25) is 0 Å². The molecule has 0 spiro atoms. The van der Waals surface area contributed by atoms with Crippen molar-refractivity contribution in [2.45, 2.75) is 38.8 Å². The number of nitrogens with one attached hydrogen (secondary N) is 1. The Balaban J connectivity index is 4.39. The van der Waals surface area contributed by atoms with Gasteiger partial charge in [-0.1, -0.05) is 13.8 Å². The first-order chi connectivity index (χ1) is 7.75. The number of rotatable bonds is 7. The molecule has 2 amide bonds. The van der Waals surface area contributed by atoms with Crippen LogP contribution in [0.3, 0.4) is 0 Å². The van der Waals surface area contributed by atoms with Crippen LogP contribution in [0.4, 0.5) is 0 Å². The van der Waals surface area contributed by atoms with Crippen molar-refractivity contribution in [1.82, 2.24) is 5.32 Å². The van der Waals surface area contributed by atoms with Crippen molar-refractivity contribution < 1.29 is 19.5 Å². The fraction of sp³-hybridized carbons (Fsp3) is 0.700. The first kappa shape index (κ1) is 15.4. The molecule has 0 aliphatic rings. The Kier molecular flexibility index (Phi) is 6.19. The minimum absolute atomic E-state index is 0.0405. The van der Waals surface area contributed by atoms with Gasteiger partial charge >= 0.3 is 5.97 Å². The number of carbonyl (C=O) groups is 3. The molecule has 17 heavy (non-hydrogen) atoms. The second kappa shape index (κ2) is 6.85. The molecule has 0 rings (SSSR count). The third kappa shape index (κ3) is 5.86. The predicted octanol–water partition coefficient (Wildman–Crippen LogP) is -1.20. The van der Waals surface area contributed by atoms with Gasteiger partial charge in [0.25, 0.3) is 0 Å². The average Bonchev–Trinajstić information content (AvgIpc) is 2.21. The van der Waals surface area contributed by atoms with Gasteiger partial charge in [0.05, 0.1) is 6.04 Å². The number of hydrogen-bond donors (Lipinski definition) is 4. The van der Waals surface area contributed by atoms with E-state index in [2.05, 4.69) is 5.32 Å². The van der Waals surface area contributed by atoms with Crippen molar-refractivity contribution >= 4 is 17.8 Å². The summed E-state index contributed by atoms with van der Waals surface area (Å²) in [6.45, 7) is 3.51. The average molecular weight is 245 g/mol. The largest absolute Gasteiger partial charge is 0.480 e. The first-order valence-corrected chi connectivity index (χ1v) is 5.32. The van der Waals surface area contributed by atoms with Gasteiger partial charge in [-0.05, 0) is 12.3 Å². The van der Waals surface area contributed by atoms with Crippen molar-refractivity contribution in [2.24, 2.45) is 17.4 Å². The van der Waals surface area contributed by atoms with E-state index in [1.807, 2.05) is 0 Å². The van der Waals surface area contributed by atoms with Crippen LogP contribution in [0, 0.1) is 5.92 Å². The van der Waals surface area contributed by atoms with E-state index >= 15 is 0 Å². The summed E-state index contributed by atoms with van der Waals surface area (Å²) in [5.41, 5.74) is 10.5. The third-order valence-electron chi connectivity index (χ3n) is 2.31. The highest BCUT2D eigenvalue weighted by Gasteiger charge is 2.24. The van der Waals surface area contributed by atoms with Gasteiger partial charge < -0.3 is 21.9 Å². The third-order valence-corrected chi connectivity index (χ3v) is 2.31. The van der Waals surface area contributed by atoms with Crippen LogP contribution in [0.5, 0.6) is 0 Å². The van der Waals surface area contributed by atoms with Crippen molar-refractivity contribution in [3.8, 4) is 0 Å². The van der Waals surface area contributed by atoms with Gasteiger partial charge in [0.15, 0.2) is 0 Å². The lowest BCUT2D eigenvalue weighted by atomic mass is 10.0. The van der Waals surface area contributed by atoms with Crippen LogP contribution in [0.25, 0.3) is 0 Å². The summed E-state index contributed by atoms with van der Waals surface area (Å²) in [4.78, 5) is 32.9. The number of hydrogen-bond acceptors (Lipinski definition) is 4. The van der Waals surface area contributed by atoms with Crippen LogP contribution < -0.4 is 16.8 Å². The van der Waals surface area contributed by atoms with E-state index in [0.29, 0.717) is 0 Å². The maximum absolute atomic E-state index is 11.5. The zero-order valence-electron chi connectivity index (χ0n) is 9.97. The van der Waals surface area contributed by atoms with E-state index in [1.165, 1.54) is 0 Å². The molecular weight excluding hydrogens is 226 g/mol. The summed E-state index contributed by atoms with van der Waals surface area (Å²) in [7, 11) is 0. The highest BCUT2D eigenvalue weighted by atomic mass is 16.4. The van der Waals surface area contributed by atoms with Gasteiger partial charge in [0.1, 0.15) is 6.04 Å². The lowest BCUT2D eigenvalue weighted by molar-refractivity contribution is -0.142. The number of aliphatic carboxylic acids is 1. The van der Waals surface area contributed by atoms with Gasteiger partial charge in [-0.2, -0.15) is 0 Å². The minimum Gasteiger partial charge on any atom is -0.480 e. The molecule has 0 heterocycles. The van der Waals surface area contributed by atoms with Crippen molar-refractivity contribution in [1.29, 1.82) is 0 Å². The van der Waals surface area contributed by atoms with Crippen LogP contribution in [0.1, 0.15) is 26.7 Å². The molecule has 0 radical (unpaired) electrons. The predicted molar refractivity (Wildman–Crippen MR) is 60.8 cm³/mol. The van der Waals surface area contributed by atoms with Gasteiger partial charge in [-0.3, -0.25) is 9.59 Å². The minimum atomic E-state index is -1.21. The molecule has 0 aliphatic carbocycles. The Morgan fingerprint density at radius 3 is 2.18 bits per heavy atom. The topological polar surface area (TPSA) is 136 Å². The molecule has 7 heteroatoms. The van der Waals surface area contributed by atoms with Gasteiger partial charge in [-0.25, -0.2) is 4.79 Å². The Bertz CT molecular complexity index is 304. The molecule has 0 fully saturated rings. The Hall–Kier alpha value is -1.63. The van der Waals surface area contributed by atoms with Crippen molar-refractivity contribution in [2.75, 3.05) is 0 Å². The maximum Gasteiger partial charge on any atom is 0.326 e. The molecule has 0 saturated carbocycles. The lowest BCUT2D eigenvalue weighted by Crippen LogP contribution is -2.50. The molecule has 2 atom stereocenters. The molecule has 98 valence electrons. The Morgan fingerprint density at radius 1 is 1.29 bits per heavy atom. The number of carboxylic acid groups (broad SMARTS) is 1. The molecule has 0 saturated heterocycles. The summed E-state index contributed by atoms with van der Waals surface area (Å²) in [5, 5.41) is 11.1. The summed E-state index contributed by atoms with van der Waals surface area (Å²) < 4.78 is 0. The fourth-order valence-electron chi connectivity index (χ4n) is 1.11. The first-order valence-electron chi connectivity index (χ1n) is 5.32. The number of primary amides is 1. The number of nitrogens with two attached hydrogens (primary N) is 2. The van der Waals surface area contributed by atoms with Crippen molar-refractivity contribution in [3.63, 3.8) is 0 Å². The van der Waals surface area contributed by atoms with Gasteiger partial charge in [-0.15, -0.1) is 0 Å². The maximum atomic E-state index is 11.5. The molecule has 0 aromatic heterocycles. The Morgan fingerprint density at radius 2 is 1.82 bits per heavy atom. The van der Waals surface area contributed by atoms with Gasteiger partial charge in [0.2, 0.25) is 11.8 Å². The molecule has 0 aliphatic heterocycles. The van der Waals surface area contributed by atoms with Crippen molar-refractivity contribution in [3.05, 3.63) is 0 Å². The highest BCUT2D eigenvalue weighted by Crippen LogP contribution is 2.02. The van der Waals surface area contributed by atoms with Crippen LogP contribution >= 0.6 is 0 Å².